The summed E-state index contributed by atoms with van der Waals surface area (Å²) < 4.78 is 0. The van der Waals surface area contributed by atoms with Gasteiger partial charge in [0.25, 0.3) is 0 Å². The van der Waals surface area contributed by atoms with Crippen molar-refractivity contribution in [1.82, 2.24) is 4.90 Å². The topological polar surface area (TPSA) is 26.7 Å². The lowest BCUT2D eigenvalue weighted by atomic mass is 10.1. The van der Waals surface area contributed by atoms with Gasteiger partial charge in [-0.2, -0.15) is 0 Å². The summed E-state index contributed by atoms with van der Waals surface area (Å²) in [7, 11) is 0. The highest BCUT2D eigenvalue weighted by molar-refractivity contribution is 6.30. The largest absolute Gasteiger partial charge is 0.392 e. The number of piperazine rings is 1. The fourth-order valence-corrected chi connectivity index (χ4v) is 3.78. The molecule has 0 atom stereocenters. The van der Waals surface area contributed by atoms with Gasteiger partial charge in [0.05, 0.1) is 6.61 Å². The normalized spacial score (nSPS) is 21.6. The number of benzene rings is 1. The van der Waals surface area contributed by atoms with Crippen LogP contribution >= 0.6 is 11.6 Å². The van der Waals surface area contributed by atoms with Crippen LogP contribution in [0.25, 0.3) is 0 Å². The lowest BCUT2D eigenvalue weighted by molar-refractivity contribution is 0.187. The predicted octanol–water partition coefficient (Wildman–Crippen LogP) is 2.90. The van der Waals surface area contributed by atoms with Crippen LogP contribution < -0.4 is 4.90 Å². The lowest BCUT2D eigenvalue weighted by Gasteiger charge is -2.39. The third-order valence-corrected chi connectivity index (χ3v) is 4.94. The van der Waals surface area contributed by atoms with Gasteiger partial charge in [0, 0.05) is 48.5 Å². The first-order chi connectivity index (χ1) is 9.78. The zero-order chi connectivity index (χ0) is 13.9. The van der Waals surface area contributed by atoms with Crippen molar-refractivity contribution >= 4 is 17.3 Å². The molecule has 4 heteroatoms. The van der Waals surface area contributed by atoms with Crippen molar-refractivity contribution in [3.05, 3.63) is 28.8 Å². The highest BCUT2D eigenvalue weighted by Gasteiger charge is 2.26. The van der Waals surface area contributed by atoms with Crippen LogP contribution in [0.5, 0.6) is 0 Å². The van der Waals surface area contributed by atoms with Gasteiger partial charge in [0.2, 0.25) is 0 Å². The second kappa shape index (κ2) is 6.33. The minimum Gasteiger partial charge on any atom is -0.392 e. The van der Waals surface area contributed by atoms with E-state index in [1.807, 2.05) is 18.2 Å². The summed E-state index contributed by atoms with van der Waals surface area (Å²) in [5.74, 6) is 0. The Balaban J connectivity index is 1.65. The SMILES string of the molecule is OCc1cc(Cl)ccc1N1CCN(C2CCCC2)CC1. The minimum atomic E-state index is 0.0543. The number of hydrogen-bond acceptors (Lipinski definition) is 3. The van der Waals surface area contributed by atoms with Crippen molar-refractivity contribution in [3.63, 3.8) is 0 Å². The molecule has 0 radical (unpaired) electrons. The van der Waals surface area contributed by atoms with Gasteiger partial charge >= 0.3 is 0 Å². The summed E-state index contributed by atoms with van der Waals surface area (Å²) in [6.07, 6.45) is 5.55. The molecule has 1 saturated heterocycles. The summed E-state index contributed by atoms with van der Waals surface area (Å²) in [4.78, 5) is 5.03. The second-order valence-electron chi connectivity index (χ2n) is 5.89. The number of aliphatic hydroxyl groups is 1. The fraction of sp³-hybridized carbons (Fsp3) is 0.625. The van der Waals surface area contributed by atoms with Crippen molar-refractivity contribution in [2.75, 3.05) is 31.1 Å². The Kier molecular flexibility index (Phi) is 4.49. The first kappa shape index (κ1) is 14.2. The van der Waals surface area contributed by atoms with Crippen molar-refractivity contribution in [1.29, 1.82) is 0 Å². The number of rotatable bonds is 3. The molecule has 3 nitrogen and oxygen atoms in total. The Morgan fingerprint density at radius 1 is 1.10 bits per heavy atom. The van der Waals surface area contributed by atoms with Crippen molar-refractivity contribution in [2.45, 2.75) is 38.3 Å². The van der Waals surface area contributed by atoms with Crippen LogP contribution in [-0.2, 0) is 6.61 Å². The molecule has 20 heavy (non-hydrogen) atoms. The van der Waals surface area contributed by atoms with E-state index in [0.29, 0.717) is 5.02 Å². The van der Waals surface area contributed by atoms with E-state index >= 15 is 0 Å². The maximum Gasteiger partial charge on any atom is 0.0702 e. The molecule has 3 rings (SSSR count). The Morgan fingerprint density at radius 3 is 2.45 bits per heavy atom. The number of hydrogen-bond donors (Lipinski definition) is 1. The first-order valence-corrected chi connectivity index (χ1v) is 8.04. The van der Waals surface area contributed by atoms with Gasteiger partial charge < -0.3 is 10.0 Å². The van der Waals surface area contributed by atoms with Crippen molar-refractivity contribution < 1.29 is 5.11 Å². The van der Waals surface area contributed by atoms with Crippen LogP contribution in [0.1, 0.15) is 31.2 Å². The Morgan fingerprint density at radius 2 is 1.80 bits per heavy atom. The molecular weight excluding hydrogens is 272 g/mol. The molecule has 0 bridgehead atoms. The Hall–Kier alpha value is -0.770. The predicted molar refractivity (Wildman–Crippen MR) is 83.4 cm³/mol. The maximum absolute atomic E-state index is 9.50. The summed E-state index contributed by atoms with van der Waals surface area (Å²) in [6, 6.07) is 6.65. The van der Waals surface area contributed by atoms with Gasteiger partial charge in [-0.05, 0) is 31.0 Å². The van der Waals surface area contributed by atoms with Gasteiger partial charge in [-0.3, -0.25) is 4.90 Å². The van der Waals surface area contributed by atoms with Crippen molar-refractivity contribution in [2.24, 2.45) is 0 Å². The van der Waals surface area contributed by atoms with Gasteiger partial charge in [0.15, 0.2) is 0 Å². The quantitative estimate of drug-likeness (QED) is 0.928. The molecule has 1 saturated carbocycles. The zero-order valence-electron chi connectivity index (χ0n) is 11.9. The molecule has 1 N–H and O–H groups in total. The molecule has 2 aliphatic rings. The van der Waals surface area contributed by atoms with Crippen LogP contribution in [0.4, 0.5) is 5.69 Å². The van der Waals surface area contributed by atoms with Crippen LogP contribution in [0, 0.1) is 0 Å². The van der Waals surface area contributed by atoms with Gasteiger partial charge in [0.1, 0.15) is 0 Å². The third kappa shape index (κ3) is 2.95. The molecule has 0 amide bonds. The molecule has 110 valence electrons. The van der Waals surface area contributed by atoms with Crippen molar-refractivity contribution in [3.8, 4) is 0 Å². The fourth-order valence-electron chi connectivity index (χ4n) is 3.59. The molecule has 1 aliphatic heterocycles. The molecule has 1 aliphatic carbocycles. The van der Waals surface area contributed by atoms with Crippen LogP contribution in [-0.4, -0.2) is 42.2 Å². The summed E-state index contributed by atoms with van der Waals surface area (Å²) >= 11 is 6.01. The van der Waals surface area contributed by atoms with E-state index < -0.39 is 0 Å². The molecule has 1 heterocycles. The highest BCUT2D eigenvalue weighted by atomic mass is 35.5. The third-order valence-electron chi connectivity index (χ3n) is 4.71. The number of anilines is 1. The second-order valence-corrected chi connectivity index (χ2v) is 6.33. The smallest absolute Gasteiger partial charge is 0.0702 e. The Labute approximate surface area is 126 Å². The van der Waals surface area contributed by atoms with Gasteiger partial charge in [-0.25, -0.2) is 0 Å². The summed E-state index contributed by atoms with van der Waals surface area (Å²) in [6.45, 7) is 4.42. The summed E-state index contributed by atoms with van der Waals surface area (Å²) in [5.41, 5.74) is 2.08. The molecule has 2 fully saturated rings. The highest BCUT2D eigenvalue weighted by Crippen LogP contribution is 2.28. The number of nitrogens with zero attached hydrogens (tertiary/aromatic N) is 2. The monoisotopic (exact) mass is 294 g/mol. The van der Waals surface area contributed by atoms with E-state index in [2.05, 4.69) is 9.80 Å². The minimum absolute atomic E-state index is 0.0543. The maximum atomic E-state index is 9.50. The van der Waals surface area contributed by atoms with E-state index in [-0.39, 0.29) is 6.61 Å². The molecule has 1 aromatic rings. The molecule has 0 aromatic heterocycles. The Bertz CT molecular complexity index is 452. The van der Waals surface area contributed by atoms with Crippen LogP contribution in [0.2, 0.25) is 5.02 Å². The first-order valence-electron chi connectivity index (χ1n) is 7.66. The molecular formula is C16H23ClN2O. The zero-order valence-corrected chi connectivity index (χ0v) is 12.6. The van der Waals surface area contributed by atoms with Gasteiger partial charge in [-0.15, -0.1) is 0 Å². The van der Waals surface area contributed by atoms with E-state index in [0.717, 1.165) is 43.5 Å². The molecule has 1 aromatic carbocycles. The lowest BCUT2D eigenvalue weighted by Crippen LogP contribution is -2.50. The van der Waals surface area contributed by atoms with Crippen LogP contribution in [0.3, 0.4) is 0 Å². The van der Waals surface area contributed by atoms with Gasteiger partial charge in [-0.1, -0.05) is 24.4 Å². The van der Waals surface area contributed by atoms with E-state index in [1.165, 1.54) is 25.7 Å². The van der Waals surface area contributed by atoms with Crippen LogP contribution in [0.15, 0.2) is 18.2 Å². The summed E-state index contributed by atoms with van der Waals surface area (Å²) in [5, 5.41) is 10.2. The average molecular weight is 295 g/mol. The number of aliphatic hydroxyl groups excluding tert-OH is 1. The standard InChI is InChI=1S/C16H23ClN2O/c17-14-5-6-16(13(11-14)12-20)19-9-7-18(8-10-19)15-3-1-2-4-15/h5-6,11,15,20H,1-4,7-10,12H2. The van der Waals surface area contributed by atoms with E-state index in [4.69, 9.17) is 11.6 Å². The number of halogens is 1. The average Bonchev–Trinajstić information content (AvgIpc) is 3.01. The molecule has 0 spiro atoms. The van der Waals surface area contributed by atoms with E-state index in [9.17, 15) is 5.11 Å². The van der Waals surface area contributed by atoms with E-state index in [1.54, 1.807) is 0 Å². The molecule has 0 unspecified atom stereocenters.